The largest absolute Gasteiger partial charge is 0.444 e. The SMILES string of the molecule is Cc1ccc(S(=O)(=O)n2ncc3c(CC[C@H]4CCN(C(=O)OC(C)(C)C)CC4(F)F)ncnc32)cc1. The number of rotatable bonds is 5. The molecule has 1 fully saturated rings. The molecule has 0 unspecified atom stereocenters. The molecule has 1 saturated heterocycles. The summed E-state index contributed by atoms with van der Waals surface area (Å²) in [7, 11) is -3.99. The quantitative estimate of drug-likeness (QED) is 0.495. The summed E-state index contributed by atoms with van der Waals surface area (Å²) in [5, 5.41) is 4.42. The summed E-state index contributed by atoms with van der Waals surface area (Å²) in [6.45, 7) is 6.37. The number of likely N-dealkylation sites (tertiary alicyclic amines) is 1. The minimum atomic E-state index is -3.99. The van der Waals surface area contributed by atoms with Crippen molar-refractivity contribution in [3.63, 3.8) is 0 Å². The third-order valence-corrected chi connectivity index (χ3v) is 7.68. The summed E-state index contributed by atoms with van der Waals surface area (Å²) < 4.78 is 62.1. The number of alkyl halides is 2. The van der Waals surface area contributed by atoms with Crippen LogP contribution in [0.1, 0.15) is 44.9 Å². The van der Waals surface area contributed by atoms with Crippen LogP contribution in [0.25, 0.3) is 11.0 Å². The Labute approximate surface area is 208 Å². The predicted molar refractivity (Wildman–Crippen MR) is 128 cm³/mol. The van der Waals surface area contributed by atoms with Gasteiger partial charge in [0.05, 0.1) is 28.7 Å². The van der Waals surface area contributed by atoms with Crippen molar-refractivity contribution in [2.75, 3.05) is 13.1 Å². The molecular weight excluding hydrogens is 492 g/mol. The first kappa shape index (κ1) is 25.9. The fourth-order valence-corrected chi connectivity index (χ4v) is 5.41. The molecule has 194 valence electrons. The van der Waals surface area contributed by atoms with Gasteiger partial charge in [-0.2, -0.15) is 13.5 Å². The average Bonchev–Trinajstić information content (AvgIpc) is 3.22. The second kappa shape index (κ2) is 9.38. The molecule has 0 saturated carbocycles. The molecule has 4 rings (SSSR count). The lowest BCUT2D eigenvalue weighted by atomic mass is 9.88. The number of aromatic nitrogens is 4. The highest BCUT2D eigenvalue weighted by atomic mass is 32.2. The number of nitrogens with zero attached hydrogens (tertiary/aromatic N) is 5. The highest BCUT2D eigenvalue weighted by Gasteiger charge is 2.46. The number of carbonyl (C=O) groups is 1. The van der Waals surface area contributed by atoms with Crippen molar-refractivity contribution >= 4 is 27.1 Å². The van der Waals surface area contributed by atoms with Gasteiger partial charge in [0.15, 0.2) is 5.65 Å². The van der Waals surface area contributed by atoms with E-state index in [2.05, 4.69) is 15.1 Å². The Morgan fingerprint density at radius 2 is 1.89 bits per heavy atom. The Balaban J connectivity index is 1.50. The highest BCUT2D eigenvalue weighted by molar-refractivity contribution is 7.90. The lowest BCUT2D eigenvalue weighted by molar-refractivity contribution is -0.112. The Kier molecular flexibility index (Phi) is 6.76. The standard InChI is InChI=1S/C24H29F2N5O4S/c1-16-5-8-18(9-6-16)36(33,34)31-21-19(13-29-31)20(27-15-28-21)10-7-17-11-12-30(14-24(17,25)26)22(32)35-23(2,3)4/h5-6,8-9,13,15,17H,7,10-12,14H2,1-4H3/t17-/m0/s1. The van der Waals surface area contributed by atoms with E-state index < -0.39 is 40.1 Å². The molecule has 1 aromatic carbocycles. The van der Waals surface area contributed by atoms with Crippen LogP contribution in [-0.4, -0.2) is 63.2 Å². The van der Waals surface area contributed by atoms with E-state index in [0.29, 0.717) is 11.1 Å². The summed E-state index contributed by atoms with van der Waals surface area (Å²) in [4.78, 5) is 21.7. The average molecular weight is 522 g/mol. The smallest absolute Gasteiger partial charge is 0.410 e. The van der Waals surface area contributed by atoms with Gasteiger partial charge in [0.1, 0.15) is 11.9 Å². The van der Waals surface area contributed by atoms with Crippen LogP contribution in [0, 0.1) is 12.8 Å². The van der Waals surface area contributed by atoms with Crippen molar-refractivity contribution in [2.45, 2.75) is 63.4 Å². The van der Waals surface area contributed by atoms with Gasteiger partial charge in [-0.25, -0.2) is 23.5 Å². The van der Waals surface area contributed by atoms with Gasteiger partial charge < -0.3 is 9.64 Å². The zero-order valence-corrected chi connectivity index (χ0v) is 21.4. The van der Waals surface area contributed by atoms with Crippen LogP contribution in [-0.2, 0) is 21.2 Å². The van der Waals surface area contributed by atoms with E-state index in [1.807, 2.05) is 6.92 Å². The number of piperidine rings is 1. The predicted octanol–water partition coefficient (Wildman–Crippen LogP) is 4.20. The zero-order valence-electron chi connectivity index (χ0n) is 20.6. The van der Waals surface area contributed by atoms with Gasteiger partial charge in [-0.05, 0) is 59.1 Å². The first-order valence-electron chi connectivity index (χ1n) is 11.6. The van der Waals surface area contributed by atoms with E-state index in [4.69, 9.17) is 4.74 Å². The molecule has 0 spiro atoms. The van der Waals surface area contributed by atoms with Crippen LogP contribution in [0.2, 0.25) is 0 Å². The number of aryl methyl sites for hydroxylation is 2. The number of hydrogen-bond donors (Lipinski definition) is 0. The van der Waals surface area contributed by atoms with Gasteiger partial charge in [-0.1, -0.05) is 17.7 Å². The van der Waals surface area contributed by atoms with Crippen LogP contribution >= 0.6 is 0 Å². The first-order valence-corrected chi connectivity index (χ1v) is 13.1. The topological polar surface area (TPSA) is 107 Å². The second-order valence-electron chi connectivity index (χ2n) is 10.1. The van der Waals surface area contributed by atoms with Crippen LogP contribution in [0.15, 0.2) is 41.7 Å². The number of benzene rings is 1. The van der Waals surface area contributed by atoms with Gasteiger partial charge in [0, 0.05) is 12.5 Å². The van der Waals surface area contributed by atoms with E-state index in [9.17, 15) is 22.0 Å². The van der Waals surface area contributed by atoms with Crippen molar-refractivity contribution < 1.29 is 26.7 Å². The van der Waals surface area contributed by atoms with Crippen molar-refractivity contribution in [1.82, 2.24) is 24.1 Å². The Morgan fingerprint density at radius 3 is 2.53 bits per heavy atom. The number of carbonyl (C=O) groups excluding carboxylic acids is 1. The number of halogens is 2. The number of hydrogen-bond acceptors (Lipinski definition) is 7. The van der Waals surface area contributed by atoms with E-state index in [-0.39, 0.29) is 36.3 Å². The Bertz CT molecular complexity index is 1370. The van der Waals surface area contributed by atoms with Gasteiger partial charge in [-0.3, -0.25) is 0 Å². The minimum absolute atomic E-state index is 0.0645. The molecule has 3 heterocycles. The Hall–Kier alpha value is -3.15. The number of ether oxygens (including phenoxy) is 1. The monoisotopic (exact) mass is 521 g/mol. The summed E-state index contributed by atoms with van der Waals surface area (Å²) in [5.74, 6) is -4.06. The minimum Gasteiger partial charge on any atom is -0.444 e. The van der Waals surface area contributed by atoms with Gasteiger partial charge in [0.2, 0.25) is 0 Å². The highest BCUT2D eigenvalue weighted by Crippen LogP contribution is 2.36. The van der Waals surface area contributed by atoms with Crippen LogP contribution in [0.4, 0.5) is 13.6 Å². The maximum atomic E-state index is 14.9. The molecule has 12 heteroatoms. The fraction of sp³-hybridized carbons (Fsp3) is 0.500. The first-order chi connectivity index (χ1) is 16.8. The molecule has 1 aliphatic heterocycles. The number of amides is 1. The lowest BCUT2D eigenvalue weighted by Crippen LogP contribution is -2.51. The van der Waals surface area contributed by atoms with Gasteiger partial charge in [-0.15, -0.1) is 4.09 Å². The summed E-state index contributed by atoms with van der Waals surface area (Å²) in [6, 6.07) is 6.36. The molecule has 0 bridgehead atoms. The molecule has 1 atom stereocenters. The maximum Gasteiger partial charge on any atom is 0.410 e. The lowest BCUT2D eigenvalue weighted by Gasteiger charge is -2.38. The van der Waals surface area contributed by atoms with E-state index in [1.54, 1.807) is 32.9 Å². The van der Waals surface area contributed by atoms with Gasteiger partial charge >= 0.3 is 6.09 Å². The van der Waals surface area contributed by atoms with E-state index >= 15 is 0 Å². The number of fused-ring (bicyclic) bond motifs is 1. The third-order valence-electron chi connectivity index (χ3n) is 6.09. The summed E-state index contributed by atoms with van der Waals surface area (Å²) in [5.41, 5.74) is 0.680. The summed E-state index contributed by atoms with van der Waals surface area (Å²) >= 11 is 0. The van der Waals surface area contributed by atoms with Crippen molar-refractivity contribution in [3.05, 3.63) is 48.0 Å². The van der Waals surface area contributed by atoms with E-state index in [1.165, 1.54) is 24.7 Å². The molecule has 3 aromatic rings. The molecule has 36 heavy (non-hydrogen) atoms. The molecule has 1 amide bonds. The second-order valence-corrected chi connectivity index (χ2v) is 11.8. The third kappa shape index (κ3) is 5.32. The van der Waals surface area contributed by atoms with Crippen LogP contribution in [0.3, 0.4) is 0 Å². The normalized spacial score (nSPS) is 18.4. The van der Waals surface area contributed by atoms with Crippen molar-refractivity contribution in [1.29, 1.82) is 0 Å². The van der Waals surface area contributed by atoms with Crippen molar-refractivity contribution in [2.24, 2.45) is 5.92 Å². The molecule has 2 aromatic heterocycles. The van der Waals surface area contributed by atoms with Crippen LogP contribution < -0.4 is 0 Å². The van der Waals surface area contributed by atoms with Gasteiger partial charge in [0.25, 0.3) is 15.9 Å². The zero-order chi connectivity index (χ0) is 26.3. The Morgan fingerprint density at radius 1 is 1.19 bits per heavy atom. The molecular formula is C24H29F2N5O4S. The molecule has 0 radical (unpaired) electrons. The molecule has 9 nitrogen and oxygen atoms in total. The molecule has 0 N–H and O–H groups in total. The molecule has 1 aliphatic rings. The van der Waals surface area contributed by atoms with Crippen LogP contribution in [0.5, 0.6) is 0 Å². The summed E-state index contributed by atoms with van der Waals surface area (Å²) in [6.07, 6.45) is 2.21. The molecule has 0 aliphatic carbocycles. The maximum absolute atomic E-state index is 14.9. The fourth-order valence-electron chi connectivity index (χ4n) is 4.19. The van der Waals surface area contributed by atoms with Crippen molar-refractivity contribution in [3.8, 4) is 0 Å². The van der Waals surface area contributed by atoms with E-state index in [0.717, 1.165) is 14.6 Å².